The van der Waals surface area contributed by atoms with Gasteiger partial charge in [0, 0.05) is 24.4 Å². The first-order valence-electron chi connectivity index (χ1n) is 10.1. The van der Waals surface area contributed by atoms with E-state index in [2.05, 4.69) is 26.2 Å². The van der Waals surface area contributed by atoms with Gasteiger partial charge in [0.05, 0.1) is 25.5 Å². The molecule has 0 radical (unpaired) electrons. The second-order valence-electron chi connectivity index (χ2n) is 7.84. The topological polar surface area (TPSA) is 97.4 Å². The fourth-order valence-electron chi connectivity index (χ4n) is 2.63. The lowest BCUT2D eigenvalue weighted by Gasteiger charge is -2.26. The zero-order chi connectivity index (χ0) is 24.1. The van der Waals surface area contributed by atoms with Crippen LogP contribution in [0.4, 0.5) is 22.7 Å². The minimum absolute atomic E-state index is 0.123. The number of hydrogen-bond acceptors (Lipinski definition) is 7. The summed E-state index contributed by atoms with van der Waals surface area (Å²) in [7, 11) is 0. The van der Waals surface area contributed by atoms with E-state index < -0.39 is 10.3 Å². The number of anilines is 1. The highest BCUT2D eigenvalue weighted by molar-refractivity contribution is 9.10. The van der Waals surface area contributed by atoms with E-state index in [0.717, 1.165) is 11.3 Å². The SMILES string of the molecule is CCN(COC(=O)C(C)(C)CC)c1ccc(N=Nc2c(Cl)cc([N+](=O)[O-])cc2Br)c(C)c1. The van der Waals surface area contributed by atoms with Crippen molar-refractivity contribution in [1.29, 1.82) is 0 Å². The van der Waals surface area contributed by atoms with Crippen LogP contribution in [0.1, 0.15) is 39.7 Å². The van der Waals surface area contributed by atoms with Crippen LogP contribution in [-0.2, 0) is 9.53 Å². The van der Waals surface area contributed by atoms with Crippen molar-refractivity contribution < 1.29 is 14.5 Å². The van der Waals surface area contributed by atoms with Crippen molar-refractivity contribution in [1.82, 2.24) is 0 Å². The molecule has 0 saturated heterocycles. The smallest absolute Gasteiger partial charge is 0.313 e. The Hall–Kier alpha value is -2.52. The number of nitrogens with zero attached hydrogens (tertiary/aromatic N) is 4. The van der Waals surface area contributed by atoms with E-state index >= 15 is 0 Å². The number of carbonyl (C=O) groups excluding carboxylic acids is 1. The molecule has 0 aliphatic carbocycles. The second-order valence-corrected chi connectivity index (χ2v) is 9.10. The third kappa shape index (κ3) is 6.26. The van der Waals surface area contributed by atoms with Gasteiger partial charge >= 0.3 is 5.97 Å². The fourth-order valence-corrected chi connectivity index (χ4v) is 3.52. The number of benzene rings is 2. The molecule has 8 nitrogen and oxygen atoms in total. The van der Waals surface area contributed by atoms with E-state index in [9.17, 15) is 14.9 Å². The molecule has 0 spiro atoms. The third-order valence-corrected chi connectivity index (χ3v) is 6.08. The van der Waals surface area contributed by atoms with E-state index in [0.29, 0.717) is 28.8 Å². The van der Waals surface area contributed by atoms with E-state index in [1.165, 1.54) is 12.1 Å². The van der Waals surface area contributed by atoms with Crippen LogP contribution in [0.2, 0.25) is 5.02 Å². The molecule has 0 heterocycles. The second kappa shape index (κ2) is 10.9. The lowest BCUT2D eigenvalue weighted by atomic mass is 9.91. The summed E-state index contributed by atoms with van der Waals surface area (Å²) in [5.74, 6) is -0.230. The number of carbonyl (C=O) groups is 1. The molecule has 0 unspecified atom stereocenters. The van der Waals surface area contributed by atoms with Crippen LogP contribution in [0.15, 0.2) is 45.0 Å². The summed E-state index contributed by atoms with van der Waals surface area (Å²) < 4.78 is 5.89. The monoisotopic (exact) mass is 524 g/mol. The molecule has 172 valence electrons. The number of hydrogen-bond donors (Lipinski definition) is 0. The molecule has 0 fully saturated rings. The molecule has 2 aromatic carbocycles. The van der Waals surface area contributed by atoms with Gasteiger partial charge in [0.25, 0.3) is 5.69 Å². The van der Waals surface area contributed by atoms with Gasteiger partial charge in [-0.1, -0.05) is 18.5 Å². The summed E-state index contributed by atoms with van der Waals surface area (Å²) in [6, 6.07) is 8.18. The predicted molar refractivity (Wildman–Crippen MR) is 129 cm³/mol. The Morgan fingerprint density at radius 1 is 1.25 bits per heavy atom. The Morgan fingerprint density at radius 3 is 2.47 bits per heavy atom. The first-order valence-corrected chi connectivity index (χ1v) is 11.2. The summed E-state index contributed by atoms with van der Waals surface area (Å²) >= 11 is 9.39. The summed E-state index contributed by atoms with van der Waals surface area (Å²) in [5.41, 5.74) is 2.02. The maximum atomic E-state index is 12.3. The number of aryl methyl sites for hydroxylation is 1. The standard InChI is InChI=1S/C22H26BrClN4O4/c1-6-22(4,5)21(29)32-13-27(7-2)15-8-9-19(14(3)10-15)25-26-20-17(23)11-16(28(30)31)12-18(20)24/h8-12H,6-7,13H2,1-5H3. The Morgan fingerprint density at radius 2 is 1.94 bits per heavy atom. The summed E-state index contributed by atoms with van der Waals surface area (Å²) in [5, 5.41) is 19.5. The van der Waals surface area contributed by atoms with Crippen molar-refractivity contribution in [3.8, 4) is 0 Å². The zero-order valence-electron chi connectivity index (χ0n) is 18.7. The number of esters is 1. The summed E-state index contributed by atoms with van der Waals surface area (Å²) in [4.78, 5) is 24.6. The molecule has 10 heteroatoms. The van der Waals surface area contributed by atoms with Gasteiger partial charge in [-0.25, -0.2) is 0 Å². The first-order chi connectivity index (χ1) is 15.0. The van der Waals surface area contributed by atoms with Crippen LogP contribution in [-0.4, -0.2) is 24.2 Å². The number of azo groups is 1. The van der Waals surface area contributed by atoms with Crippen molar-refractivity contribution in [2.45, 2.75) is 41.0 Å². The van der Waals surface area contributed by atoms with Gasteiger partial charge in [0.15, 0.2) is 6.73 Å². The van der Waals surface area contributed by atoms with Gasteiger partial charge < -0.3 is 9.64 Å². The third-order valence-electron chi connectivity index (χ3n) is 5.19. The predicted octanol–water partition coefficient (Wildman–Crippen LogP) is 7.50. The summed E-state index contributed by atoms with van der Waals surface area (Å²) in [6.07, 6.45) is 0.700. The Kier molecular flexibility index (Phi) is 8.74. The highest BCUT2D eigenvalue weighted by atomic mass is 79.9. The molecule has 0 bridgehead atoms. The van der Waals surface area contributed by atoms with E-state index in [4.69, 9.17) is 16.3 Å². The maximum absolute atomic E-state index is 12.3. The molecule has 0 atom stereocenters. The number of nitro groups is 1. The zero-order valence-corrected chi connectivity index (χ0v) is 21.0. The summed E-state index contributed by atoms with van der Waals surface area (Å²) in [6.45, 7) is 10.4. The number of halogens is 2. The van der Waals surface area contributed by atoms with E-state index in [1.807, 2.05) is 57.7 Å². The van der Waals surface area contributed by atoms with Crippen LogP contribution >= 0.6 is 27.5 Å². The minimum atomic E-state index is -0.527. The molecule has 0 aliphatic rings. The van der Waals surface area contributed by atoms with Crippen molar-refractivity contribution in [2.24, 2.45) is 15.6 Å². The van der Waals surface area contributed by atoms with Gasteiger partial charge in [-0.3, -0.25) is 14.9 Å². The van der Waals surface area contributed by atoms with Gasteiger partial charge in [-0.2, -0.15) is 5.11 Å². The first kappa shape index (κ1) is 25.7. The Balaban J connectivity index is 2.19. The number of ether oxygens (including phenoxy) is 1. The largest absolute Gasteiger partial charge is 0.444 e. The van der Waals surface area contributed by atoms with Gasteiger partial charge in [0.1, 0.15) is 5.69 Å². The van der Waals surface area contributed by atoms with E-state index in [-0.39, 0.29) is 23.4 Å². The molecule has 0 amide bonds. The van der Waals surface area contributed by atoms with Crippen molar-refractivity contribution in [2.75, 3.05) is 18.2 Å². The lowest BCUT2D eigenvalue weighted by molar-refractivity contribution is -0.384. The minimum Gasteiger partial charge on any atom is -0.444 e. The molecule has 2 aromatic rings. The molecule has 32 heavy (non-hydrogen) atoms. The van der Waals surface area contributed by atoms with Crippen molar-refractivity contribution >= 4 is 56.2 Å². The molecule has 0 aromatic heterocycles. The van der Waals surface area contributed by atoms with Crippen LogP contribution < -0.4 is 4.90 Å². The number of non-ortho nitro benzene ring substituents is 1. The van der Waals surface area contributed by atoms with Crippen LogP contribution in [0, 0.1) is 22.5 Å². The van der Waals surface area contributed by atoms with Crippen LogP contribution in [0.3, 0.4) is 0 Å². The number of nitro benzene ring substituents is 1. The van der Waals surface area contributed by atoms with E-state index in [1.54, 1.807) is 0 Å². The average Bonchev–Trinajstić information content (AvgIpc) is 2.74. The van der Waals surface area contributed by atoms with Crippen LogP contribution in [0.5, 0.6) is 0 Å². The van der Waals surface area contributed by atoms with Crippen LogP contribution in [0.25, 0.3) is 0 Å². The molecular formula is C22H26BrClN4O4. The van der Waals surface area contributed by atoms with Gasteiger partial charge in [-0.15, -0.1) is 5.11 Å². The van der Waals surface area contributed by atoms with Crippen molar-refractivity contribution in [3.63, 3.8) is 0 Å². The highest BCUT2D eigenvalue weighted by Crippen LogP contribution is 2.38. The lowest BCUT2D eigenvalue weighted by Crippen LogP contribution is -2.33. The number of rotatable bonds is 9. The molecule has 0 N–H and O–H groups in total. The van der Waals surface area contributed by atoms with Gasteiger partial charge in [-0.05, 0) is 73.8 Å². The maximum Gasteiger partial charge on any atom is 0.313 e. The quantitative estimate of drug-likeness (QED) is 0.111. The van der Waals surface area contributed by atoms with Gasteiger partial charge in [0.2, 0.25) is 0 Å². The molecule has 2 rings (SSSR count). The molecule has 0 saturated carbocycles. The normalized spacial score (nSPS) is 11.6. The average molecular weight is 526 g/mol. The fraction of sp³-hybridized carbons (Fsp3) is 0.409. The highest BCUT2D eigenvalue weighted by Gasteiger charge is 2.27. The Labute approximate surface area is 200 Å². The Bertz CT molecular complexity index is 1020. The molecular weight excluding hydrogens is 500 g/mol. The molecule has 0 aliphatic heterocycles. The van der Waals surface area contributed by atoms with Crippen molar-refractivity contribution in [3.05, 3.63) is 55.5 Å².